The number of ether oxygens (including phenoxy) is 1. The van der Waals surface area contributed by atoms with Crippen molar-refractivity contribution in [2.24, 2.45) is 0 Å². The lowest BCUT2D eigenvalue weighted by atomic mass is 9.97. The summed E-state index contributed by atoms with van der Waals surface area (Å²) in [5.41, 5.74) is 2.19. The second-order valence-corrected chi connectivity index (χ2v) is 5.26. The van der Waals surface area contributed by atoms with E-state index in [0.29, 0.717) is 30.2 Å². The van der Waals surface area contributed by atoms with Crippen LogP contribution in [0.3, 0.4) is 0 Å². The molecule has 1 aromatic heterocycles. The first-order valence-electron chi connectivity index (χ1n) is 6.83. The molecule has 110 valence electrons. The molecule has 6 nitrogen and oxygen atoms in total. The zero-order valence-corrected chi connectivity index (χ0v) is 11.9. The summed E-state index contributed by atoms with van der Waals surface area (Å²) < 4.78 is 11.0. The molecular weight excluding hydrogens is 272 g/mol. The molecule has 0 radical (unpaired) electrons. The SMILES string of the molecule is Cc1ccc(C)c(-c2nnc(C3CCOC3)o2)c1C(=O)O. The molecule has 1 atom stereocenters. The van der Waals surface area contributed by atoms with Crippen molar-refractivity contribution in [3.63, 3.8) is 0 Å². The summed E-state index contributed by atoms with van der Waals surface area (Å²) in [6.45, 7) is 4.85. The Morgan fingerprint density at radius 1 is 1.29 bits per heavy atom. The van der Waals surface area contributed by atoms with Gasteiger partial charge in [-0.15, -0.1) is 10.2 Å². The molecule has 1 aliphatic heterocycles. The number of carboxylic acid groups (broad SMARTS) is 1. The third kappa shape index (κ3) is 2.42. The average Bonchev–Trinajstić information content (AvgIpc) is 3.10. The molecule has 2 heterocycles. The Balaban J connectivity index is 2.08. The molecule has 0 aliphatic carbocycles. The van der Waals surface area contributed by atoms with Crippen LogP contribution in [0.15, 0.2) is 16.5 Å². The topological polar surface area (TPSA) is 85.5 Å². The van der Waals surface area contributed by atoms with Gasteiger partial charge >= 0.3 is 5.97 Å². The predicted octanol–water partition coefficient (Wildman–Crippen LogP) is 2.56. The van der Waals surface area contributed by atoms with Crippen LogP contribution in [0.25, 0.3) is 11.5 Å². The van der Waals surface area contributed by atoms with Gasteiger partial charge in [-0.25, -0.2) is 4.79 Å². The van der Waals surface area contributed by atoms with Gasteiger partial charge in [0, 0.05) is 6.61 Å². The van der Waals surface area contributed by atoms with E-state index in [9.17, 15) is 9.90 Å². The summed E-state index contributed by atoms with van der Waals surface area (Å²) in [7, 11) is 0. The number of hydrogen-bond donors (Lipinski definition) is 1. The van der Waals surface area contributed by atoms with Crippen molar-refractivity contribution in [3.05, 3.63) is 34.7 Å². The van der Waals surface area contributed by atoms with Crippen molar-refractivity contribution >= 4 is 5.97 Å². The van der Waals surface area contributed by atoms with Crippen molar-refractivity contribution in [1.82, 2.24) is 10.2 Å². The minimum absolute atomic E-state index is 0.102. The van der Waals surface area contributed by atoms with Crippen LogP contribution in [-0.4, -0.2) is 34.5 Å². The van der Waals surface area contributed by atoms with E-state index in [2.05, 4.69) is 10.2 Å². The van der Waals surface area contributed by atoms with Gasteiger partial charge in [0.2, 0.25) is 11.8 Å². The van der Waals surface area contributed by atoms with Crippen LogP contribution in [0, 0.1) is 13.8 Å². The summed E-state index contributed by atoms with van der Waals surface area (Å²) in [5.74, 6) is -0.116. The van der Waals surface area contributed by atoms with Gasteiger partial charge < -0.3 is 14.3 Å². The first kappa shape index (κ1) is 13.8. The molecule has 1 N–H and O–H groups in total. The van der Waals surface area contributed by atoms with E-state index in [-0.39, 0.29) is 17.4 Å². The van der Waals surface area contributed by atoms with Gasteiger partial charge in [-0.05, 0) is 31.4 Å². The van der Waals surface area contributed by atoms with Gasteiger partial charge in [0.05, 0.1) is 23.7 Å². The van der Waals surface area contributed by atoms with Crippen molar-refractivity contribution in [2.75, 3.05) is 13.2 Å². The molecule has 1 aromatic carbocycles. The maximum absolute atomic E-state index is 11.5. The second-order valence-electron chi connectivity index (χ2n) is 5.26. The Morgan fingerprint density at radius 3 is 2.71 bits per heavy atom. The number of carboxylic acids is 1. The lowest BCUT2D eigenvalue weighted by Crippen LogP contribution is -2.04. The average molecular weight is 288 g/mol. The number of benzene rings is 1. The molecule has 1 unspecified atom stereocenters. The third-order valence-electron chi connectivity index (χ3n) is 3.77. The Hall–Kier alpha value is -2.21. The minimum atomic E-state index is -0.991. The molecule has 1 aliphatic rings. The monoisotopic (exact) mass is 288 g/mol. The normalized spacial score (nSPS) is 18.1. The zero-order chi connectivity index (χ0) is 15.0. The number of aryl methyl sites for hydroxylation is 2. The van der Waals surface area contributed by atoms with Crippen molar-refractivity contribution in [3.8, 4) is 11.5 Å². The summed E-state index contributed by atoms with van der Waals surface area (Å²) in [6.07, 6.45) is 0.847. The fourth-order valence-corrected chi connectivity index (χ4v) is 2.59. The van der Waals surface area contributed by atoms with Gasteiger partial charge in [-0.3, -0.25) is 0 Å². The standard InChI is InChI=1S/C15H16N2O4/c1-8-3-4-9(2)12(15(18)19)11(8)14-17-16-13(21-14)10-5-6-20-7-10/h3-4,10H,5-7H2,1-2H3,(H,18,19). The third-order valence-corrected chi connectivity index (χ3v) is 3.77. The summed E-state index contributed by atoms with van der Waals surface area (Å²) in [4.78, 5) is 11.5. The molecule has 0 amide bonds. The van der Waals surface area contributed by atoms with E-state index in [4.69, 9.17) is 9.15 Å². The number of aromatic carboxylic acids is 1. The molecule has 2 aromatic rings. The van der Waals surface area contributed by atoms with E-state index in [1.807, 2.05) is 13.0 Å². The van der Waals surface area contributed by atoms with Crippen molar-refractivity contribution < 1.29 is 19.1 Å². The van der Waals surface area contributed by atoms with Crippen LogP contribution in [0.5, 0.6) is 0 Å². The summed E-state index contributed by atoms with van der Waals surface area (Å²) in [6, 6.07) is 3.64. The van der Waals surface area contributed by atoms with Gasteiger partial charge in [0.25, 0.3) is 0 Å². The zero-order valence-electron chi connectivity index (χ0n) is 11.9. The highest BCUT2D eigenvalue weighted by molar-refractivity contribution is 5.97. The van der Waals surface area contributed by atoms with Gasteiger partial charge in [-0.2, -0.15) is 0 Å². The number of hydrogen-bond acceptors (Lipinski definition) is 5. The molecule has 1 saturated heterocycles. The molecule has 6 heteroatoms. The fraction of sp³-hybridized carbons (Fsp3) is 0.400. The second kappa shape index (κ2) is 5.29. The van der Waals surface area contributed by atoms with E-state index in [1.54, 1.807) is 13.0 Å². The quantitative estimate of drug-likeness (QED) is 0.934. The number of rotatable bonds is 3. The van der Waals surface area contributed by atoms with Crippen molar-refractivity contribution in [1.29, 1.82) is 0 Å². The van der Waals surface area contributed by atoms with Crippen molar-refractivity contribution in [2.45, 2.75) is 26.2 Å². The highest BCUT2D eigenvalue weighted by atomic mass is 16.5. The lowest BCUT2D eigenvalue weighted by molar-refractivity contribution is 0.0696. The molecule has 0 spiro atoms. The van der Waals surface area contributed by atoms with Crippen LogP contribution in [0.4, 0.5) is 0 Å². The molecule has 21 heavy (non-hydrogen) atoms. The number of nitrogens with zero attached hydrogens (tertiary/aromatic N) is 2. The van der Waals surface area contributed by atoms with Crippen LogP contribution in [0.1, 0.15) is 39.7 Å². The molecule has 3 rings (SSSR count). The largest absolute Gasteiger partial charge is 0.478 e. The number of carbonyl (C=O) groups is 1. The smallest absolute Gasteiger partial charge is 0.336 e. The van der Waals surface area contributed by atoms with Crippen LogP contribution >= 0.6 is 0 Å². The van der Waals surface area contributed by atoms with Gasteiger partial charge in [0.15, 0.2) is 0 Å². The molecule has 0 bridgehead atoms. The lowest BCUT2D eigenvalue weighted by Gasteiger charge is -2.09. The van der Waals surface area contributed by atoms with E-state index < -0.39 is 5.97 Å². The first-order chi connectivity index (χ1) is 10.1. The summed E-state index contributed by atoms with van der Waals surface area (Å²) in [5, 5.41) is 17.5. The maximum Gasteiger partial charge on any atom is 0.336 e. The Bertz CT molecular complexity index is 687. The summed E-state index contributed by atoms with van der Waals surface area (Å²) >= 11 is 0. The highest BCUT2D eigenvalue weighted by Crippen LogP contribution is 2.32. The molecule has 1 fully saturated rings. The highest BCUT2D eigenvalue weighted by Gasteiger charge is 2.26. The first-order valence-corrected chi connectivity index (χ1v) is 6.83. The van der Waals surface area contributed by atoms with Gasteiger partial charge in [0.1, 0.15) is 0 Å². The number of aromatic nitrogens is 2. The van der Waals surface area contributed by atoms with Crippen LogP contribution in [-0.2, 0) is 4.74 Å². The fourth-order valence-electron chi connectivity index (χ4n) is 2.59. The predicted molar refractivity (Wildman–Crippen MR) is 74.3 cm³/mol. The Morgan fingerprint density at radius 2 is 2.05 bits per heavy atom. The maximum atomic E-state index is 11.5. The van der Waals surface area contributed by atoms with E-state index in [1.165, 1.54) is 0 Å². The Kier molecular flexibility index (Phi) is 3.47. The van der Waals surface area contributed by atoms with Crippen LogP contribution < -0.4 is 0 Å². The molecule has 0 saturated carbocycles. The van der Waals surface area contributed by atoms with Crippen LogP contribution in [0.2, 0.25) is 0 Å². The molecular formula is C15H16N2O4. The Labute approximate surface area is 121 Å². The van der Waals surface area contributed by atoms with Gasteiger partial charge in [-0.1, -0.05) is 12.1 Å². The minimum Gasteiger partial charge on any atom is -0.478 e. The van der Waals surface area contributed by atoms with E-state index >= 15 is 0 Å². The van der Waals surface area contributed by atoms with E-state index in [0.717, 1.165) is 12.0 Å².